The molecule has 2 aromatic heterocycles. The number of rotatable bonds is 3. The van der Waals surface area contributed by atoms with Crippen LogP contribution in [0.4, 0.5) is 11.6 Å². The Bertz CT molecular complexity index is 474. The zero-order chi connectivity index (χ0) is 11.0. The minimum Gasteiger partial charge on any atom is -0.313 e. The van der Waals surface area contributed by atoms with Crippen LogP contribution in [0.25, 0.3) is 0 Å². The van der Waals surface area contributed by atoms with Crippen LogP contribution in [-0.2, 0) is 0 Å². The van der Waals surface area contributed by atoms with Crippen molar-refractivity contribution >= 4 is 11.6 Å². The highest BCUT2D eigenvalue weighted by atomic mass is 15.3. The van der Waals surface area contributed by atoms with Crippen molar-refractivity contribution in [1.82, 2.24) is 20.2 Å². The van der Waals surface area contributed by atoms with Gasteiger partial charge >= 0.3 is 0 Å². The first-order chi connectivity index (χ1) is 7.84. The fourth-order valence-corrected chi connectivity index (χ4v) is 1.70. The molecule has 5 heteroatoms. The normalized spacial score (nSPS) is 15.1. The maximum absolute atomic E-state index is 4.29. The SMILES string of the molecule is CN(c1ccncn1)c1cc(C2CC2)[nH]n1. The van der Waals surface area contributed by atoms with Gasteiger partial charge in [-0.3, -0.25) is 5.10 Å². The zero-order valence-corrected chi connectivity index (χ0v) is 9.09. The summed E-state index contributed by atoms with van der Waals surface area (Å²) in [5, 5.41) is 7.38. The van der Waals surface area contributed by atoms with Crippen LogP contribution in [0.3, 0.4) is 0 Å². The van der Waals surface area contributed by atoms with Gasteiger partial charge in [-0.25, -0.2) is 9.97 Å². The molecule has 0 atom stereocenters. The van der Waals surface area contributed by atoms with Crippen molar-refractivity contribution in [2.24, 2.45) is 0 Å². The van der Waals surface area contributed by atoms with E-state index >= 15 is 0 Å². The van der Waals surface area contributed by atoms with E-state index in [1.165, 1.54) is 18.5 Å². The number of hydrogen-bond acceptors (Lipinski definition) is 4. The maximum atomic E-state index is 4.29. The number of aromatic amines is 1. The Morgan fingerprint density at radius 1 is 1.38 bits per heavy atom. The van der Waals surface area contributed by atoms with Gasteiger partial charge in [0, 0.05) is 30.9 Å². The summed E-state index contributed by atoms with van der Waals surface area (Å²) >= 11 is 0. The number of nitrogens with one attached hydrogen (secondary N) is 1. The fraction of sp³-hybridized carbons (Fsp3) is 0.364. The molecule has 3 rings (SSSR count). The molecule has 82 valence electrons. The Morgan fingerprint density at radius 2 is 2.25 bits per heavy atom. The van der Waals surface area contributed by atoms with Crippen molar-refractivity contribution in [3.63, 3.8) is 0 Å². The molecule has 2 heterocycles. The molecule has 0 saturated heterocycles. The van der Waals surface area contributed by atoms with Crippen LogP contribution in [0.15, 0.2) is 24.7 Å². The summed E-state index contributed by atoms with van der Waals surface area (Å²) in [5.41, 5.74) is 1.23. The lowest BCUT2D eigenvalue weighted by Crippen LogP contribution is -2.11. The van der Waals surface area contributed by atoms with Crippen molar-refractivity contribution in [2.45, 2.75) is 18.8 Å². The van der Waals surface area contributed by atoms with Crippen LogP contribution in [-0.4, -0.2) is 27.2 Å². The molecule has 1 aliphatic carbocycles. The first-order valence-corrected chi connectivity index (χ1v) is 5.39. The number of aromatic nitrogens is 4. The molecule has 0 amide bonds. The second-order valence-corrected chi connectivity index (χ2v) is 4.08. The Hall–Kier alpha value is -1.91. The van der Waals surface area contributed by atoms with E-state index in [4.69, 9.17) is 0 Å². The highest BCUT2D eigenvalue weighted by Gasteiger charge is 2.26. The molecule has 0 spiro atoms. The van der Waals surface area contributed by atoms with Gasteiger partial charge in [0.05, 0.1) is 0 Å². The number of H-pyrrole nitrogens is 1. The lowest BCUT2D eigenvalue weighted by molar-refractivity contribution is 0.952. The molecule has 2 aromatic rings. The van der Waals surface area contributed by atoms with E-state index in [0.29, 0.717) is 5.92 Å². The van der Waals surface area contributed by atoms with E-state index in [9.17, 15) is 0 Å². The molecule has 1 N–H and O–H groups in total. The van der Waals surface area contributed by atoms with E-state index in [0.717, 1.165) is 11.6 Å². The van der Waals surface area contributed by atoms with Crippen LogP contribution in [0.1, 0.15) is 24.5 Å². The van der Waals surface area contributed by atoms with Crippen LogP contribution in [0.2, 0.25) is 0 Å². The van der Waals surface area contributed by atoms with E-state index in [1.807, 2.05) is 18.0 Å². The number of anilines is 2. The summed E-state index contributed by atoms with van der Waals surface area (Å²) in [6.07, 6.45) is 5.82. The summed E-state index contributed by atoms with van der Waals surface area (Å²) in [7, 11) is 1.95. The fourth-order valence-electron chi connectivity index (χ4n) is 1.70. The van der Waals surface area contributed by atoms with E-state index in [-0.39, 0.29) is 0 Å². The van der Waals surface area contributed by atoms with Crippen LogP contribution in [0, 0.1) is 0 Å². The van der Waals surface area contributed by atoms with Gasteiger partial charge in [0.1, 0.15) is 12.1 Å². The molecule has 0 radical (unpaired) electrons. The maximum Gasteiger partial charge on any atom is 0.155 e. The highest BCUT2D eigenvalue weighted by Crippen LogP contribution is 2.40. The van der Waals surface area contributed by atoms with Crippen LogP contribution >= 0.6 is 0 Å². The Morgan fingerprint density at radius 3 is 2.94 bits per heavy atom. The largest absolute Gasteiger partial charge is 0.313 e. The van der Waals surface area contributed by atoms with Gasteiger partial charge in [0.15, 0.2) is 5.82 Å². The predicted octanol–water partition coefficient (Wildman–Crippen LogP) is 1.84. The van der Waals surface area contributed by atoms with Crippen molar-refractivity contribution < 1.29 is 0 Å². The van der Waals surface area contributed by atoms with Crippen molar-refractivity contribution in [3.05, 3.63) is 30.4 Å². The lowest BCUT2D eigenvalue weighted by Gasteiger charge is -2.13. The smallest absolute Gasteiger partial charge is 0.155 e. The second kappa shape index (κ2) is 3.59. The molecular weight excluding hydrogens is 202 g/mol. The second-order valence-electron chi connectivity index (χ2n) is 4.08. The Balaban J connectivity index is 1.85. The molecule has 16 heavy (non-hydrogen) atoms. The average molecular weight is 215 g/mol. The van der Waals surface area contributed by atoms with Crippen molar-refractivity contribution in [1.29, 1.82) is 0 Å². The topological polar surface area (TPSA) is 57.7 Å². The summed E-state index contributed by atoms with van der Waals surface area (Å²) in [6.45, 7) is 0. The number of nitrogens with zero attached hydrogens (tertiary/aromatic N) is 4. The standard InChI is InChI=1S/C11H13N5/c1-16(10-4-5-12-7-13-10)11-6-9(14-15-11)8-2-3-8/h4-8H,2-3H2,1H3,(H,14,15). The molecule has 5 nitrogen and oxygen atoms in total. The van der Waals surface area contributed by atoms with Gasteiger partial charge < -0.3 is 4.90 Å². The molecule has 1 saturated carbocycles. The van der Waals surface area contributed by atoms with Crippen molar-refractivity contribution in [3.8, 4) is 0 Å². The van der Waals surface area contributed by atoms with Gasteiger partial charge in [-0.1, -0.05) is 0 Å². The van der Waals surface area contributed by atoms with Crippen molar-refractivity contribution in [2.75, 3.05) is 11.9 Å². The predicted molar refractivity (Wildman–Crippen MR) is 60.7 cm³/mol. The third kappa shape index (κ3) is 1.64. The van der Waals surface area contributed by atoms with E-state index in [1.54, 1.807) is 12.5 Å². The highest BCUT2D eigenvalue weighted by molar-refractivity contribution is 5.54. The average Bonchev–Trinajstić information content (AvgIpc) is 3.08. The summed E-state index contributed by atoms with van der Waals surface area (Å²) in [6, 6.07) is 3.96. The van der Waals surface area contributed by atoms with Gasteiger partial charge in [0.2, 0.25) is 0 Å². The molecule has 1 aliphatic rings. The van der Waals surface area contributed by atoms with Gasteiger partial charge in [-0.2, -0.15) is 5.10 Å². The van der Waals surface area contributed by atoms with Gasteiger partial charge in [-0.05, 0) is 18.9 Å². The molecule has 0 bridgehead atoms. The minimum atomic E-state index is 0.694. The van der Waals surface area contributed by atoms with Gasteiger partial charge in [0.25, 0.3) is 0 Å². The minimum absolute atomic E-state index is 0.694. The van der Waals surface area contributed by atoms with Gasteiger partial charge in [-0.15, -0.1) is 0 Å². The lowest BCUT2D eigenvalue weighted by atomic mass is 10.3. The van der Waals surface area contributed by atoms with Crippen LogP contribution < -0.4 is 4.90 Å². The molecule has 1 fully saturated rings. The summed E-state index contributed by atoms with van der Waals surface area (Å²) in [4.78, 5) is 10.0. The molecular formula is C11H13N5. The Labute approximate surface area is 93.5 Å². The summed E-state index contributed by atoms with van der Waals surface area (Å²) < 4.78 is 0. The zero-order valence-electron chi connectivity index (χ0n) is 9.09. The molecule has 0 aliphatic heterocycles. The quantitative estimate of drug-likeness (QED) is 0.848. The third-order valence-corrected chi connectivity index (χ3v) is 2.85. The Kier molecular flexibility index (Phi) is 2.09. The molecule has 0 aromatic carbocycles. The van der Waals surface area contributed by atoms with E-state index in [2.05, 4.69) is 26.2 Å². The van der Waals surface area contributed by atoms with Crippen LogP contribution in [0.5, 0.6) is 0 Å². The third-order valence-electron chi connectivity index (χ3n) is 2.85. The molecule has 0 unspecified atom stereocenters. The monoisotopic (exact) mass is 215 g/mol. The number of hydrogen-bond donors (Lipinski definition) is 1. The summed E-state index contributed by atoms with van der Waals surface area (Å²) in [5.74, 6) is 2.45. The first-order valence-electron chi connectivity index (χ1n) is 5.39. The van der Waals surface area contributed by atoms with E-state index < -0.39 is 0 Å². The first kappa shape index (κ1) is 9.33.